The van der Waals surface area contributed by atoms with E-state index < -0.39 is 0 Å². The van der Waals surface area contributed by atoms with Gasteiger partial charge in [-0.2, -0.15) is 0 Å². The van der Waals surface area contributed by atoms with Crippen molar-refractivity contribution in [1.29, 1.82) is 0 Å². The molecule has 0 heterocycles. The zero-order valence-corrected chi connectivity index (χ0v) is 6.76. The minimum absolute atomic E-state index is 0.271. The van der Waals surface area contributed by atoms with E-state index in [1.54, 1.807) is 0 Å². The first kappa shape index (κ1) is 9.90. The van der Waals surface area contributed by atoms with Gasteiger partial charge in [-0.05, 0) is 6.54 Å². The highest BCUT2D eigenvalue weighted by Gasteiger charge is 1.92. The van der Waals surface area contributed by atoms with Crippen LogP contribution in [-0.4, -0.2) is 32.4 Å². The number of amides is 1. The van der Waals surface area contributed by atoms with E-state index in [9.17, 15) is 4.79 Å². The number of nitrogens with one attached hydrogen (secondary N) is 2. The van der Waals surface area contributed by atoms with Crippen LogP contribution in [0.2, 0.25) is 0 Å². The van der Waals surface area contributed by atoms with E-state index in [-0.39, 0.29) is 5.91 Å². The molecule has 0 unspecified atom stereocenters. The summed E-state index contributed by atoms with van der Waals surface area (Å²) in [6.07, 6.45) is 1.08. The highest BCUT2D eigenvalue weighted by Crippen LogP contribution is 1.64. The number of oxime groups is 1. The van der Waals surface area contributed by atoms with Gasteiger partial charge in [-0.3, -0.25) is 4.79 Å². The van der Waals surface area contributed by atoms with Crippen LogP contribution in [0.4, 0.5) is 0 Å². The normalized spacial score (nSPS) is 10.0. The molecule has 0 spiro atoms. The predicted molar refractivity (Wildman–Crippen MR) is 42.2 cm³/mol. The summed E-state index contributed by atoms with van der Waals surface area (Å²) in [4.78, 5) is 15.0. The molecule has 0 fully saturated rings. The topological polar surface area (TPSA) is 62.7 Å². The lowest BCUT2D eigenvalue weighted by molar-refractivity contribution is -0.114. The first-order chi connectivity index (χ1) is 5.31. The standard InChI is InChI=1S/C6H13N3O2/c1-3-7-5-8-6(10)4-9-11-2/h4,7H,3,5H2,1-2H3,(H,8,10). The Morgan fingerprint density at radius 1 is 1.73 bits per heavy atom. The molecule has 64 valence electrons. The Morgan fingerprint density at radius 3 is 3.00 bits per heavy atom. The van der Waals surface area contributed by atoms with Gasteiger partial charge in [0, 0.05) is 0 Å². The maximum Gasteiger partial charge on any atom is 0.266 e. The van der Waals surface area contributed by atoms with Crippen molar-refractivity contribution in [2.24, 2.45) is 5.16 Å². The third-order valence-corrected chi connectivity index (χ3v) is 0.913. The fourth-order valence-electron chi connectivity index (χ4n) is 0.421. The van der Waals surface area contributed by atoms with Gasteiger partial charge < -0.3 is 15.5 Å². The average molecular weight is 159 g/mol. The zero-order valence-electron chi connectivity index (χ0n) is 6.76. The molecule has 0 aliphatic heterocycles. The maximum absolute atomic E-state index is 10.7. The number of carbonyl (C=O) groups excluding carboxylic acids is 1. The number of carbonyl (C=O) groups is 1. The van der Waals surface area contributed by atoms with Gasteiger partial charge in [-0.1, -0.05) is 12.1 Å². The molecular weight excluding hydrogens is 146 g/mol. The molecule has 0 saturated heterocycles. The predicted octanol–water partition coefficient (Wildman–Crippen LogP) is -0.698. The molecule has 0 bridgehead atoms. The highest BCUT2D eigenvalue weighted by atomic mass is 16.6. The highest BCUT2D eigenvalue weighted by molar-refractivity contribution is 6.25. The lowest BCUT2D eigenvalue weighted by Crippen LogP contribution is -2.34. The van der Waals surface area contributed by atoms with Crippen LogP contribution in [0.15, 0.2) is 5.16 Å². The van der Waals surface area contributed by atoms with Crippen LogP contribution in [0.25, 0.3) is 0 Å². The second kappa shape index (κ2) is 7.01. The summed E-state index contributed by atoms with van der Waals surface area (Å²) in [5, 5.41) is 8.75. The third-order valence-electron chi connectivity index (χ3n) is 0.913. The lowest BCUT2D eigenvalue weighted by Gasteiger charge is -2.00. The van der Waals surface area contributed by atoms with Crippen molar-refractivity contribution in [3.63, 3.8) is 0 Å². The number of hydrogen-bond donors (Lipinski definition) is 2. The number of nitrogens with zero attached hydrogens (tertiary/aromatic N) is 1. The molecule has 5 nitrogen and oxygen atoms in total. The Bertz CT molecular complexity index is 136. The van der Waals surface area contributed by atoms with Crippen LogP contribution in [-0.2, 0) is 9.63 Å². The molecule has 0 aliphatic rings. The quantitative estimate of drug-likeness (QED) is 0.241. The second-order valence-corrected chi connectivity index (χ2v) is 1.74. The van der Waals surface area contributed by atoms with Crippen LogP contribution in [0.1, 0.15) is 6.92 Å². The van der Waals surface area contributed by atoms with E-state index in [0.717, 1.165) is 12.8 Å². The van der Waals surface area contributed by atoms with Crippen molar-refractivity contribution in [2.75, 3.05) is 20.3 Å². The minimum Gasteiger partial charge on any atom is -0.399 e. The molecule has 0 radical (unpaired) electrons. The zero-order chi connectivity index (χ0) is 8.53. The Balaban J connectivity index is 3.30. The van der Waals surface area contributed by atoms with E-state index in [0.29, 0.717) is 6.67 Å². The van der Waals surface area contributed by atoms with E-state index in [4.69, 9.17) is 0 Å². The SMILES string of the molecule is CCNCNC(=O)C=NOC. The molecule has 0 aromatic rings. The smallest absolute Gasteiger partial charge is 0.266 e. The molecule has 11 heavy (non-hydrogen) atoms. The molecule has 0 aromatic carbocycles. The third kappa shape index (κ3) is 6.79. The van der Waals surface area contributed by atoms with Crippen molar-refractivity contribution in [1.82, 2.24) is 10.6 Å². The van der Waals surface area contributed by atoms with Crippen LogP contribution in [0.3, 0.4) is 0 Å². The number of hydrogen-bond acceptors (Lipinski definition) is 4. The molecule has 1 amide bonds. The van der Waals surface area contributed by atoms with Crippen LogP contribution < -0.4 is 10.6 Å². The summed E-state index contributed by atoms with van der Waals surface area (Å²) in [7, 11) is 1.38. The van der Waals surface area contributed by atoms with Gasteiger partial charge in [0.05, 0.1) is 6.67 Å². The summed E-state index contributed by atoms with van der Waals surface area (Å²) >= 11 is 0. The van der Waals surface area contributed by atoms with E-state index in [1.165, 1.54) is 7.11 Å². The van der Waals surface area contributed by atoms with E-state index in [2.05, 4.69) is 20.6 Å². The summed E-state index contributed by atoms with van der Waals surface area (Å²) < 4.78 is 0. The molecule has 0 atom stereocenters. The summed E-state index contributed by atoms with van der Waals surface area (Å²) in [5.74, 6) is -0.271. The first-order valence-corrected chi connectivity index (χ1v) is 3.36. The van der Waals surface area contributed by atoms with Gasteiger partial charge in [-0.15, -0.1) is 0 Å². The van der Waals surface area contributed by atoms with Crippen molar-refractivity contribution >= 4 is 12.1 Å². The fraction of sp³-hybridized carbons (Fsp3) is 0.667. The minimum atomic E-state index is -0.271. The van der Waals surface area contributed by atoms with Crippen LogP contribution >= 0.6 is 0 Å². The monoisotopic (exact) mass is 159 g/mol. The maximum atomic E-state index is 10.7. The molecule has 0 saturated carbocycles. The van der Waals surface area contributed by atoms with Crippen molar-refractivity contribution in [3.05, 3.63) is 0 Å². The van der Waals surface area contributed by atoms with Crippen LogP contribution in [0.5, 0.6) is 0 Å². The van der Waals surface area contributed by atoms with E-state index in [1.807, 2.05) is 6.92 Å². The summed E-state index contributed by atoms with van der Waals surface area (Å²) in [6.45, 7) is 3.22. The summed E-state index contributed by atoms with van der Waals surface area (Å²) in [6, 6.07) is 0. The van der Waals surface area contributed by atoms with Crippen molar-refractivity contribution < 1.29 is 9.63 Å². The molecule has 5 heteroatoms. The van der Waals surface area contributed by atoms with Crippen molar-refractivity contribution in [2.45, 2.75) is 6.92 Å². The first-order valence-electron chi connectivity index (χ1n) is 3.36. The van der Waals surface area contributed by atoms with Gasteiger partial charge in [-0.25, -0.2) is 0 Å². The van der Waals surface area contributed by atoms with Gasteiger partial charge in [0.1, 0.15) is 13.3 Å². The Kier molecular flexibility index (Phi) is 6.31. The van der Waals surface area contributed by atoms with Crippen molar-refractivity contribution in [3.8, 4) is 0 Å². The van der Waals surface area contributed by atoms with Gasteiger partial charge in [0.25, 0.3) is 5.91 Å². The average Bonchev–Trinajstić information content (AvgIpc) is 2.01. The Morgan fingerprint density at radius 2 is 2.45 bits per heavy atom. The summed E-state index contributed by atoms with van der Waals surface area (Å²) in [5.41, 5.74) is 0. The molecule has 0 aliphatic carbocycles. The molecule has 0 aromatic heterocycles. The largest absolute Gasteiger partial charge is 0.399 e. The second-order valence-electron chi connectivity index (χ2n) is 1.74. The lowest BCUT2D eigenvalue weighted by atomic mass is 10.6. The van der Waals surface area contributed by atoms with Gasteiger partial charge in [0.15, 0.2) is 0 Å². The number of rotatable bonds is 5. The molecule has 0 rings (SSSR count). The van der Waals surface area contributed by atoms with E-state index >= 15 is 0 Å². The molecular formula is C6H13N3O2. The van der Waals surface area contributed by atoms with Gasteiger partial charge >= 0.3 is 0 Å². The Hall–Kier alpha value is -1.10. The molecule has 2 N–H and O–H groups in total. The Labute approximate surface area is 65.8 Å². The fourth-order valence-corrected chi connectivity index (χ4v) is 0.421. The van der Waals surface area contributed by atoms with Gasteiger partial charge in [0.2, 0.25) is 0 Å². The van der Waals surface area contributed by atoms with Crippen LogP contribution in [0, 0.1) is 0 Å².